The zero-order valence-corrected chi connectivity index (χ0v) is 15.7. The van der Waals surface area contributed by atoms with Crippen molar-refractivity contribution in [2.24, 2.45) is 0 Å². The molecule has 0 spiro atoms. The number of thiophene rings is 1. The fraction of sp³-hybridized carbons (Fsp3) is 0.350. The molecule has 1 fully saturated rings. The Morgan fingerprint density at radius 2 is 2.12 bits per heavy atom. The van der Waals surface area contributed by atoms with E-state index in [0.29, 0.717) is 0 Å². The first-order valence-corrected chi connectivity index (χ1v) is 9.83. The van der Waals surface area contributed by atoms with Crippen molar-refractivity contribution in [3.8, 4) is 0 Å². The highest BCUT2D eigenvalue weighted by molar-refractivity contribution is 7.12. The molecule has 0 aromatic carbocycles. The normalized spacial score (nSPS) is 17.4. The number of aryl methyl sites for hydroxylation is 1. The number of hydrogen-bond donors (Lipinski definition) is 0. The van der Waals surface area contributed by atoms with Gasteiger partial charge in [0.25, 0.3) is 5.91 Å². The zero-order chi connectivity index (χ0) is 17.9. The van der Waals surface area contributed by atoms with Crippen LogP contribution in [-0.4, -0.2) is 38.4 Å². The number of amides is 1. The fourth-order valence-electron chi connectivity index (χ4n) is 3.61. The van der Waals surface area contributed by atoms with E-state index in [1.165, 1.54) is 16.9 Å². The van der Waals surface area contributed by atoms with Crippen LogP contribution in [0.4, 0.5) is 0 Å². The van der Waals surface area contributed by atoms with Crippen LogP contribution in [0.25, 0.3) is 0 Å². The maximum Gasteiger partial charge on any atom is 0.264 e. The Labute approximate surface area is 157 Å². The molecule has 26 heavy (non-hydrogen) atoms. The lowest BCUT2D eigenvalue weighted by molar-refractivity contribution is 0.0707. The first-order chi connectivity index (χ1) is 12.7. The lowest BCUT2D eigenvalue weighted by Gasteiger charge is -2.32. The second-order valence-corrected chi connectivity index (χ2v) is 7.71. The van der Waals surface area contributed by atoms with E-state index in [9.17, 15) is 4.79 Å². The summed E-state index contributed by atoms with van der Waals surface area (Å²) < 4.78 is 2.20. The maximum absolute atomic E-state index is 12.9. The minimum atomic E-state index is 0.162. The Balaban J connectivity index is 1.51. The third kappa shape index (κ3) is 3.42. The number of nitrogens with zero attached hydrogens (tertiary/aromatic N) is 4. The second-order valence-electron chi connectivity index (χ2n) is 6.79. The Bertz CT molecular complexity index is 886. The van der Waals surface area contributed by atoms with Crippen LogP contribution in [0.5, 0.6) is 0 Å². The summed E-state index contributed by atoms with van der Waals surface area (Å²) in [6.45, 7) is 4.36. The maximum atomic E-state index is 12.9. The van der Waals surface area contributed by atoms with Gasteiger partial charge in [-0.3, -0.25) is 9.78 Å². The summed E-state index contributed by atoms with van der Waals surface area (Å²) >= 11 is 1.54. The molecule has 1 aliphatic rings. The molecule has 3 aromatic rings. The van der Waals surface area contributed by atoms with Crippen molar-refractivity contribution in [3.05, 3.63) is 70.2 Å². The van der Waals surface area contributed by atoms with Gasteiger partial charge >= 0.3 is 0 Å². The smallest absolute Gasteiger partial charge is 0.264 e. The van der Waals surface area contributed by atoms with Gasteiger partial charge in [-0.1, -0.05) is 0 Å². The molecule has 0 bridgehead atoms. The monoisotopic (exact) mass is 366 g/mol. The summed E-state index contributed by atoms with van der Waals surface area (Å²) in [7, 11) is 0. The molecule has 0 radical (unpaired) electrons. The summed E-state index contributed by atoms with van der Waals surface area (Å²) in [6, 6.07) is 6.07. The molecular weight excluding hydrogens is 344 g/mol. The third-order valence-corrected chi connectivity index (χ3v) is 5.98. The lowest BCUT2D eigenvalue weighted by atomic mass is 9.96. The van der Waals surface area contributed by atoms with Crippen LogP contribution in [0.3, 0.4) is 0 Å². The minimum Gasteiger partial charge on any atom is -0.337 e. The van der Waals surface area contributed by atoms with Gasteiger partial charge in [-0.2, -0.15) is 0 Å². The minimum absolute atomic E-state index is 0.162. The fourth-order valence-corrected chi connectivity index (χ4v) is 4.50. The largest absolute Gasteiger partial charge is 0.337 e. The Morgan fingerprint density at radius 3 is 2.88 bits per heavy atom. The average molecular weight is 366 g/mol. The van der Waals surface area contributed by atoms with Gasteiger partial charge in [-0.25, -0.2) is 4.98 Å². The van der Waals surface area contributed by atoms with E-state index >= 15 is 0 Å². The molecule has 1 atom stereocenters. The highest BCUT2D eigenvalue weighted by Gasteiger charge is 2.29. The van der Waals surface area contributed by atoms with Crippen LogP contribution in [0.2, 0.25) is 0 Å². The highest BCUT2D eigenvalue weighted by Crippen LogP contribution is 2.28. The topological polar surface area (TPSA) is 51.0 Å². The van der Waals surface area contributed by atoms with Gasteiger partial charge in [0, 0.05) is 50.3 Å². The number of pyridine rings is 1. The molecule has 3 aromatic heterocycles. The first-order valence-electron chi connectivity index (χ1n) is 8.95. The summed E-state index contributed by atoms with van der Waals surface area (Å²) in [5.74, 6) is 1.52. The van der Waals surface area contributed by atoms with Gasteiger partial charge in [0.15, 0.2) is 0 Å². The number of likely N-dealkylation sites (tertiary alicyclic amines) is 1. The Hall–Kier alpha value is -2.47. The van der Waals surface area contributed by atoms with Crippen molar-refractivity contribution >= 4 is 17.2 Å². The van der Waals surface area contributed by atoms with Crippen LogP contribution in [0.15, 0.2) is 48.4 Å². The van der Waals surface area contributed by atoms with E-state index in [1.807, 2.05) is 60.2 Å². The number of carbonyl (C=O) groups excluding carboxylic acids is 1. The SMILES string of the molecule is Cc1ccsc1C(=O)N1CCC[C@H](c2nccn2Cc2ccncc2)C1. The molecule has 4 heterocycles. The van der Waals surface area contributed by atoms with Gasteiger partial charge in [0.2, 0.25) is 0 Å². The predicted octanol–water partition coefficient (Wildman–Crippen LogP) is 3.72. The van der Waals surface area contributed by atoms with E-state index in [4.69, 9.17) is 0 Å². The van der Waals surface area contributed by atoms with Crippen molar-refractivity contribution in [2.75, 3.05) is 13.1 Å². The van der Waals surface area contributed by atoms with Crippen molar-refractivity contribution in [1.29, 1.82) is 0 Å². The number of piperidine rings is 1. The van der Waals surface area contributed by atoms with E-state index in [1.54, 1.807) is 0 Å². The molecule has 0 unspecified atom stereocenters. The number of carbonyl (C=O) groups is 1. The van der Waals surface area contributed by atoms with Crippen molar-refractivity contribution in [2.45, 2.75) is 32.2 Å². The number of aromatic nitrogens is 3. The van der Waals surface area contributed by atoms with Crippen LogP contribution in [0, 0.1) is 6.92 Å². The number of rotatable bonds is 4. The molecule has 6 heteroatoms. The molecule has 0 aliphatic carbocycles. The van der Waals surface area contributed by atoms with E-state index in [2.05, 4.69) is 14.5 Å². The molecule has 0 saturated carbocycles. The Kier molecular flexibility index (Phi) is 4.84. The average Bonchev–Trinajstić information content (AvgIpc) is 3.31. The molecule has 1 amide bonds. The molecule has 0 N–H and O–H groups in total. The van der Waals surface area contributed by atoms with E-state index in [0.717, 1.165) is 48.7 Å². The van der Waals surface area contributed by atoms with Gasteiger partial charge < -0.3 is 9.47 Å². The molecule has 4 rings (SSSR count). The van der Waals surface area contributed by atoms with Crippen LogP contribution < -0.4 is 0 Å². The van der Waals surface area contributed by atoms with Crippen molar-refractivity contribution in [1.82, 2.24) is 19.4 Å². The molecule has 134 valence electrons. The number of hydrogen-bond acceptors (Lipinski definition) is 4. The predicted molar refractivity (Wildman–Crippen MR) is 103 cm³/mol. The van der Waals surface area contributed by atoms with E-state index < -0.39 is 0 Å². The van der Waals surface area contributed by atoms with E-state index in [-0.39, 0.29) is 11.8 Å². The molecule has 1 saturated heterocycles. The Morgan fingerprint density at radius 1 is 1.27 bits per heavy atom. The molecule has 5 nitrogen and oxygen atoms in total. The van der Waals surface area contributed by atoms with Crippen molar-refractivity contribution < 1.29 is 4.79 Å². The molecule has 1 aliphatic heterocycles. The van der Waals surface area contributed by atoms with Crippen molar-refractivity contribution in [3.63, 3.8) is 0 Å². The second kappa shape index (κ2) is 7.41. The van der Waals surface area contributed by atoms with Gasteiger partial charge in [-0.15, -0.1) is 11.3 Å². The summed E-state index contributed by atoms with van der Waals surface area (Å²) in [5.41, 5.74) is 2.28. The van der Waals surface area contributed by atoms with Crippen LogP contribution >= 0.6 is 11.3 Å². The van der Waals surface area contributed by atoms with Gasteiger partial charge in [0.1, 0.15) is 5.82 Å². The molecular formula is C20H22N4OS. The van der Waals surface area contributed by atoms with Gasteiger partial charge in [0.05, 0.1) is 4.88 Å². The van der Waals surface area contributed by atoms with Crippen LogP contribution in [-0.2, 0) is 6.54 Å². The summed E-state index contributed by atoms with van der Waals surface area (Å²) in [4.78, 5) is 24.4. The number of imidazole rings is 1. The lowest BCUT2D eigenvalue weighted by Crippen LogP contribution is -2.39. The first kappa shape index (κ1) is 17.0. The zero-order valence-electron chi connectivity index (χ0n) is 14.8. The quantitative estimate of drug-likeness (QED) is 0.707. The van der Waals surface area contributed by atoms with Crippen LogP contribution in [0.1, 0.15) is 45.4 Å². The highest BCUT2D eigenvalue weighted by atomic mass is 32.1. The van der Waals surface area contributed by atoms with Gasteiger partial charge in [-0.05, 0) is 54.5 Å². The summed E-state index contributed by atoms with van der Waals surface area (Å²) in [5, 5.41) is 1.99. The third-order valence-electron chi connectivity index (χ3n) is 4.98. The standard InChI is InChI=1S/C20H22N4OS/c1-15-6-12-26-18(15)20(25)24-10-2-3-17(14-24)19-22-9-11-23(19)13-16-4-7-21-8-5-16/h4-9,11-12,17H,2-3,10,13-14H2,1H3/t17-/m0/s1. The summed E-state index contributed by atoms with van der Waals surface area (Å²) in [6.07, 6.45) is 9.61.